The lowest BCUT2D eigenvalue weighted by molar-refractivity contribution is 0.101. The van der Waals surface area contributed by atoms with Gasteiger partial charge in [0, 0.05) is 6.92 Å². The first-order chi connectivity index (χ1) is 8.00. The number of benzene rings is 1. The van der Waals surface area contributed by atoms with E-state index in [4.69, 9.17) is 23.2 Å². The smallest absolute Gasteiger partial charge is 0.181 e. The van der Waals surface area contributed by atoms with Crippen LogP contribution >= 0.6 is 23.2 Å². The molecule has 0 aliphatic heterocycles. The Morgan fingerprint density at radius 1 is 1.29 bits per heavy atom. The molecule has 0 spiro atoms. The highest BCUT2D eigenvalue weighted by atomic mass is 35.5. The van der Waals surface area contributed by atoms with Gasteiger partial charge in [-0.15, -0.1) is 5.10 Å². The maximum absolute atomic E-state index is 11.3. The average Bonchev–Trinajstić information content (AvgIpc) is 2.64. The van der Waals surface area contributed by atoms with E-state index in [0.29, 0.717) is 21.4 Å². The molecule has 2 rings (SSSR count). The van der Waals surface area contributed by atoms with E-state index < -0.39 is 0 Å². The lowest BCUT2D eigenvalue weighted by Gasteiger charge is -2.04. The Kier molecular flexibility index (Phi) is 3.17. The van der Waals surface area contributed by atoms with Gasteiger partial charge in [-0.1, -0.05) is 28.4 Å². The van der Waals surface area contributed by atoms with Crippen molar-refractivity contribution in [2.45, 2.75) is 13.8 Å². The lowest BCUT2D eigenvalue weighted by Crippen LogP contribution is -2.01. The van der Waals surface area contributed by atoms with Crippen molar-refractivity contribution in [1.29, 1.82) is 0 Å². The lowest BCUT2D eigenvalue weighted by atomic mass is 10.2. The first-order valence-corrected chi connectivity index (χ1v) is 5.65. The highest BCUT2D eigenvalue weighted by Crippen LogP contribution is 2.24. The van der Waals surface area contributed by atoms with Gasteiger partial charge in [0.2, 0.25) is 0 Å². The van der Waals surface area contributed by atoms with Crippen molar-refractivity contribution < 1.29 is 4.79 Å². The third-order valence-corrected chi connectivity index (χ3v) is 3.11. The summed E-state index contributed by atoms with van der Waals surface area (Å²) in [6.45, 7) is 3.23. The number of aromatic nitrogens is 3. The zero-order valence-corrected chi connectivity index (χ0v) is 10.7. The number of Topliss-reactive ketones (excluding diaryl/α,β-unsaturated/α-hetero) is 1. The first-order valence-electron chi connectivity index (χ1n) is 4.89. The minimum atomic E-state index is -0.117. The second-order valence-electron chi connectivity index (χ2n) is 3.59. The molecule has 0 radical (unpaired) electrons. The molecule has 0 aliphatic carbocycles. The first kappa shape index (κ1) is 12.1. The zero-order chi connectivity index (χ0) is 12.6. The normalized spacial score (nSPS) is 10.6. The van der Waals surface area contributed by atoms with Crippen molar-refractivity contribution in [3.63, 3.8) is 0 Å². The maximum Gasteiger partial charge on any atom is 0.181 e. The van der Waals surface area contributed by atoms with Crippen molar-refractivity contribution >= 4 is 29.0 Å². The SMILES string of the molecule is CC(=O)c1nnn(-c2ccc(Cl)c(Cl)c2)c1C. The van der Waals surface area contributed by atoms with E-state index in [1.807, 2.05) is 0 Å². The minimum Gasteiger partial charge on any atom is -0.293 e. The number of carbonyl (C=O) groups is 1. The summed E-state index contributed by atoms with van der Waals surface area (Å²) in [6.07, 6.45) is 0. The Morgan fingerprint density at radius 2 is 2.00 bits per heavy atom. The predicted molar refractivity (Wildman–Crippen MR) is 66.1 cm³/mol. The molecule has 0 saturated carbocycles. The molecular formula is C11H9Cl2N3O. The third kappa shape index (κ3) is 2.18. The van der Waals surface area contributed by atoms with Crippen LogP contribution in [-0.4, -0.2) is 20.8 Å². The van der Waals surface area contributed by atoms with Crippen LogP contribution in [0.5, 0.6) is 0 Å². The van der Waals surface area contributed by atoms with E-state index in [1.165, 1.54) is 6.92 Å². The molecular weight excluding hydrogens is 261 g/mol. The van der Waals surface area contributed by atoms with Gasteiger partial charge in [0.15, 0.2) is 11.5 Å². The summed E-state index contributed by atoms with van der Waals surface area (Å²) in [5.74, 6) is -0.117. The Morgan fingerprint density at radius 3 is 2.53 bits per heavy atom. The minimum absolute atomic E-state index is 0.117. The van der Waals surface area contributed by atoms with Gasteiger partial charge in [-0.05, 0) is 25.1 Å². The van der Waals surface area contributed by atoms with Gasteiger partial charge < -0.3 is 0 Å². The molecule has 1 aromatic carbocycles. The standard InChI is InChI=1S/C11H9Cl2N3O/c1-6-11(7(2)17)14-15-16(6)8-3-4-9(12)10(13)5-8/h3-5H,1-2H3. The van der Waals surface area contributed by atoms with Crippen LogP contribution in [0.3, 0.4) is 0 Å². The van der Waals surface area contributed by atoms with Crippen molar-refractivity contribution in [2.24, 2.45) is 0 Å². The Labute approximate surface area is 108 Å². The van der Waals surface area contributed by atoms with Gasteiger partial charge in [-0.3, -0.25) is 4.79 Å². The fourth-order valence-electron chi connectivity index (χ4n) is 1.52. The fourth-order valence-corrected chi connectivity index (χ4v) is 1.81. The maximum atomic E-state index is 11.3. The van der Waals surface area contributed by atoms with E-state index in [9.17, 15) is 4.79 Å². The molecule has 0 N–H and O–H groups in total. The van der Waals surface area contributed by atoms with Gasteiger partial charge in [-0.2, -0.15) is 0 Å². The second kappa shape index (κ2) is 4.47. The van der Waals surface area contributed by atoms with Crippen molar-refractivity contribution in [3.8, 4) is 5.69 Å². The Balaban J connectivity index is 2.53. The largest absolute Gasteiger partial charge is 0.293 e. The topological polar surface area (TPSA) is 47.8 Å². The van der Waals surface area contributed by atoms with Crippen LogP contribution in [0.2, 0.25) is 10.0 Å². The quantitative estimate of drug-likeness (QED) is 0.788. The van der Waals surface area contributed by atoms with Gasteiger partial charge in [0.1, 0.15) is 0 Å². The summed E-state index contributed by atoms with van der Waals surface area (Å²) < 4.78 is 1.55. The van der Waals surface area contributed by atoms with E-state index in [2.05, 4.69) is 10.3 Å². The molecule has 0 bridgehead atoms. The molecule has 0 atom stereocenters. The Hall–Kier alpha value is -1.39. The highest BCUT2D eigenvalue weighted by molar-refractivity contribution is 6.42. The van der Waals surface area contributed by atoms with Crippen LogP contribution in [0, 0.1) is 6.92 Å². The molecule has 0 saturated heterocycles. The van der Waals surface area contributed by atoms with E-state index in [0.717, 1.165) is 5.69 Å². The van der Waals surface area contributed by atoms with Crippen molar-refractivity contribution in [2.75, 3.05) is 0 Å². The number of nitrogens with zero attached hydrogens (tertiary/aromatic N) is 3. The van der Waals surface area contributed by atoms with E-state index in [-0.39, 0.29) is 5.78 Å². The summed E-state index contributed by atoms with van der Waals surface area (Å²) in [4.78, 5) is 11.3. The molecule has 1 heterocycles. The summed E-state index contributed by atoms with van der Waals surface area (Å²) in [5, 5.41) is 8.66. The fraction of sp³-hybridized carbons (Fsp3) is 0.182. The number of hydrogen-bond acceptors (Lipinski definition) is 3. The number of rotatable bonds is 2. The zero-order valence-electron chi connectivity index (χ0n) is 9.24. The molecule has 88 valence electrons. The van der Waals surface area contributed by atoms with Crippen molar-refractivity contribution in [1.82, 2.24) is 15.0 Å². The molecule has 0 fully saturated rings. The van der Waals surface area contributed by atoms with Crippen molar-refractivity contribution in [3.05, 3.63) is 39.6 Å². The van der Waals surface area contributed by atoms with Crippen LogP contribution in [0.15, 0.2) is 18.2 Å². The Bertz CT molecular complexity index is 592. The third-order valence-electron chi connectivity index (χ3n) is 2.38. The van der Waals surface area contributed by atoms with E-state index in [1.54, 1.807) is 29.8 Å². The van der Waals surface area contributed by atoms with Gasteiger partial charge >= 0.3 is 0 Å². The summed E-state index contributed by atoms with van der Waals surface area (Å²) in [6, 6.07) is 5.11. The molecule has 4 nitrogen and oxygen atoms in total. The van der Waals surface area contributed by atoms with Crippen LogP contribution in [-0.2, 0) is 0 Å². The number of carbonyl (C=O) groups excluding carboxylic acids is 1. The summed E-state index contributed by atoms with van der Waals surface area (Å²) >= 11 is 11.8. The number of ketones is 1. The average molecular weight is 270 g/mol. The van der Waals surface area contributed by atoms with Gasteiger partial charge in [-0.25, -0.2) is 4.68 Å². The molecule has 6 heteroatoms. The summed E-state index contributed by atoms with van der Waals surface area (Å²) in [7, 11) is 0. The highest BCUT2D eigenvalue weighted by Gasteiger charge is 2.14. The summed E-state index contributed by atoms with van der Waals surface area (Å²) in [5.41, 5.74) is 1.75. The second-order valence-corrected chi connectivity index (χ2v) is 4.40. The van der Waals surface area contributed by atoms with Crippen LogP contribution in [0.1, 0.15) is 23.1 Å². The number of hydrogen-bond donors (Lipinski definition) is 0. The molecule has 0 unspecified atom stereocenters. The monoisotopic (exact) mass is 269 g/mol. The van der Waals surface area contributed by atoms with Gasteiger partial charge in [0.25, 0.3) is 0 Å². The van der Waals surface area contributed by atoms with E-state index >= 15 is 0 Å². The van der Waals surface area contributed by atoms with Crippen LogP contribution in [0.25, 0.3) is 5.69 Å². The molecule has 0 aliphatic rings. The van der Waals surface area contributed by atoms with Crippen LogP contribution < -0.4 is 0 Å². The van der Waals surface area contributed by atoms with Crippen LogP contribution in [0.4, 0.5) is 0 Å². The van der Waals surface area contributed by atoms with Gasteiger partial charge in [0.05, 0.1) is 21.4 Å². The molecule has 1 aromatic heterocycles. The molecule has 0 amide bonds. The predicted octanol–water partition coefficient (Wildman–Crippen LogP) is 3.09. The number of halogens is 2. The molecule has 2 aromatic rings. The molecule has 17 heavy (non-hydrogen) atoms.